The predicted octanol–water partition coefficient (Wildman–Crippen LogP) is 3.45. The Hall–Kier alpha value is -1.28. The summed E-state index contributed by atoms with van der Waals surface area (Å²) < 4.78 is 5.05. The van der Waals surface area contributed by atoms with E-state index in [2.05, 4.69) is 50.0 Å². The Bertz CT molecular complexity index is 316. The molecule has 0 bridgehead atoms. The van der Waals surface area contributed by atoms with Gasteiger partial charge in [0.05, 0.1) is 12.9 Å². The Labute approximate surface area is 105 Å². The molecule has 0 fully saturated rings. The molecule has 0 radical (unpaired) electrons. The van der Waals surface area contributed by atoms with E-state index in [4.69, 9.17) is 4.74 Å². The largest absolute Gasteiger partial charge is 0.502 e. The molecule has 0 aliphatic rings. The Morgan fingerprint density at radius 2 is 2.00 bits per heavy atom. The number of hydrogen-bond donors (Lipinski definition) is 1. The number of rotatable bonds is 8. The predicted molar refractivity (Wildman–Crippen MR) is 73.0 cm³/mol. The molecule has 17 heavy (non-hydrogen) atoms. The van der Waals surface area contributed by atoms with Crippen molar-refractivity contribution in [2.24, 2.45) is 0 Å². The van der Waals surface area contributed by atoms with Crippen LogP contribution in [0.4, 0.5) is 0 Å². The Kier molecular flexibility index (Phi) is 6.41. The van der Waals surface area contributed by atoms with Crippen LogP contribution in [0.5, 0.6) is 0 Å². The topological polar surface area (TPSA) is 21.3 Å². The van der Waals surface area contributed by atoms with Gasteiger partial charge in [-0.15, -0.1) is 0 Å². The zero-order valence-electron chi connectivity index (χ0n) is 10.9. The molecule has 0 saturated carbocycles. The fraction of sp³-hybridized carbons (Fsp3) is 0.467. The summed E-state index contributed by atoms with van der Waals surface area (Å²) in [5.41, 5.74) is 2.73. The fourth-order valence-electron chi connectivity index (χ4n) is 1.62. The van der Waals surface area contributed by atoms with Gasteiger partial charge in [-0.25, -0.2) is 0 Å². The van der Waals surface area contributed by atoms with Crippen molar-refractivity contribution in [3.05, 3.63) is 48.2 Å². The molecule has 0 atom stereocenters. The summed E-state index contributed by atoms with van der Waals surface area (Å²) in [5, 5.41) is 3.39. The number of nitrogens with one attached hydrogen (secondary N) is 1. The molecular formula is C15H23NO. The highest BCUT2D eigenvalue weighted by Gasteiger charge is 1.98. The lowest BCUT2D eigenvalue weighted by atomic mass is 10.0. The van der Waals surface area contributed by atoms with E-state index >= 15 is 0 Å². The second-order valence-corrected chi connectivity index (χ2v) is 4.46. The van der Waals surface area contributed by atoms with E-state index < -0.39 is 0 Å². The van der Waals surface area contributed by atoms with Crippen LogP contribution in [0.1, 0.15) is 37.3 Å². The number of benzene rings is 1. The molecule has 0 aliphatic heterocycles. The molecule has 0 aromatic heterocycles. The normalized spacial score (nSPS) is 10.5. The minimum Gasteiger partial charge on any atom is -0.502 e. The third kappa shape index (κ3) is 5.55. The molecule has 94 valence electrons. The lowest BCUT2D eigenvalue weighted by Gasteiger charge is -2.08. The highest BCUT2D eigenvalue weighted by molar-refractivity contribution is 5.24. The van der Waals surface area contributed by atoms with E-state index in [9.17, 15) is 0 Å². The minimum atomic E-state index is 0.605. The molecule has 1 aromatic carbocycles. The highest BCUT2D eigenvalue weighted by Crippen LogP contribution is 2.14. The van der Waals surface area contributed by atoms with Crippen LogP contribution < -0.4 is 5.32 Å². The van der Waals surface area contributed by atoms with Crippen LogP contribution in [0, 0.1) is 0 Å². The van der Waals surface area contributed by atoms with Crippen molar-refractivity contribution in [3.63, 3.8) is 0 Å². The van der Waals surface area contributed by atoms with Gasteiger partial charge in [-0.1, -0.05) is 44.7 Å². The van der Waals surface area contributed by atoms with Gasteiger partial charge in [0.1, 0.15) is 0 Å². The molecular weight excluding hydrogens is 210 g/mol. The van der Waals surface area contributed by atoms with Crippen molar-refractivity contribution in [2.75, 3.05) is 13.2 Å². The molecule has 1 aromatic rings. The standard InChI is InChI=1S/C15H23NO/c1-4-17-11-5-10-16-12-14-6-8-15(9-7-14)13(2)3/h4,6-9,13,16H,1,5,10-12H2,2-3H3. The van der Waals surface area contributed by atoms with Crippen LogP contribution in [0.25, 0.3) is 0 Å². The van der Waals surface area contributed by atoms with Crippen LogP contribution >= 0.6 is 0 Å². The van der Waals surface area contributed by atoms with Gasteiger partial charge in [0, 0.05) is 6.54 Å². The average Bonchev–Trinajstić information content (AvgIpc) is 2.34. The first-order valence-corrected chi connectivity index (χ1v) is 6.26. The number of hydrogen-bond acceptors (Lipinski definition) is 2. The lowest BCUT2D eigenvalue weighted by Crippen LogP contribution is -2.15. The monoisotopic (exact) mass is 233 g/mol. The maximum absolute atomic E-state index is 5.05. The van der Waals surface area contributed by atoms with Crippen LogP contribution in [-0.4, -0.2) is 13.2 Å². The van der Waals surface area contributed by atoms with E-state index in [1.807, 2.05) is 0 Å². The van der Waals surface area contributed by atoms with Gasteiger partial charge in [0.15, 0.2) is 0 Å². The molecule has 0 saturated heterocycles. The third-order valence-electron chi connectivity index (χ3n) is 2.71. The van der Waals surface area contributed by atoms with Gasteiger partial charge in [-0.05, 0) is 30.0 Å². The van der Waals surface area contributed by atoms with E-state index in [1.54, 1.807) is 0 Å². The number of ether oxygens (including phenoxy) is 1. The van der Waals surface area contributed by atoms with Crippen molar-refractivity contribution in [1.29, 1.82) is 0 Å². The van der Waals surface area contributed by atoms with Gasteiger partial charge in [-0.2, -0.15) is 0 Å². The smallest absolute Gasteiger partial charge is 0.0885 e. The highest BCUT2D eigenvalue weighted by atomic mass is 16.5. The summed E-state index contributed by atoms with van der Waals surface area (Å²) in [6, 6.07) is 8.82. The summed E-state index contributed by atoms with van der Waals surface area (Å²) >= 11 is 0. The summed E-state index contributed by atoms with van der Waals surface area (Å²) in [7, 11) is 0. The first-order chi connectivity index (χ1) is 8.24. The maximum atomic E-state index is 5.05. The van der Waals surface area contributed by atoms with Gasteiger partial charge >= 0.3 is 0 Å². The zero-order chi connectivity index (χ0) is 12.5. The van der Waals surface area contributed by atoms with Crippen molar-refractivity contribution >= 4 is 0 Å². The third-order valence-corrected chi connectivity index (χ3v) is 2.71. The zero-order valence-corrected chi connectivity index (χ0v) is 10.9. The van der Waals surface area contributed by atoms with Crippen LogP contribution in [0.15, 0.2) is 37.1 Å². The quantitative estimate of drug-likeness (QED) is 0.548. The molecule has 0 spiro atoms. The van der Waals surface area contributed by atoms with Crippen molar-refractivity contribution in [1.82, 2.24) is 5.32 Å². The summed E-state index contributed by atoms with van der Waals surface area (Å²) in [6.07, 6.45) is 2.50. The molecule has 1 N–H and O–H groups in total. The summed E-state index contributed by atoms with van der Waals surface area (Å²) in [5.74, 6) is 0.605. The van der Waals surface area contributed by atoms with Crippen LogP contribution in [0.2, 0.25) is 0 Å². The first kappa shape index (κ1) is 13.8. The van der Waals surface area contributed by atoms with E-state index in [-0.39, 0.29) is 0 Å². The van der Waals surface area contributed by atoms with Gasteiger partial charge in [-0.3, -0.25) is 0 Å². The Balaban J connectivity index is 2.21. The summed E-state index contributed by atoms with van der Waals surface area (Å²) in [4.78, 5) is 0. The van der Waals surface area contributed by atoms with Crippen LogP contribution in [-0.2, 0) is 11.3 Å². The van der Waals surface area contributed by atoms with Crippen LogP contribution in [0.3, 0.4) is 0 Å². The van der Waals surface area contributed by atoms with Crippen molar-refractivity contribution in [3.8, 4) is 0 Å². The van der Waals surface area contributed by atoms with Gasteiger partial charge in [0.25, 0.3) is 0 Å². The van der Waals surface area contributed by atoms with E-state index in [0.717, 1.165) is 26.1 Å². The molecule has 0 aliphatic carbocycles. The average molecular weight is 233 g/mol. The molecule has 2 heteroatoms. The van der Waals surface area contributed by atoms with Gasteiger partial charge in [0.2, 0.25) is 0 Å². The molecule has 0 amide bonds. The molecule has 0 unspecified atom stereocenters. The second-order valence-electron chi connectivity index (χ2n) is 4.46. The Morgan fingerprint density at radius 1 is 1.29 bits per heavy atom. The Morgan fingerprint density at radius 3 is 2.59 bits per heavy atom. The van der Waals surface area contributed by atoms with E-state index in [1.165, 1.54) is 17.4 Å². The summed E-state index contributed by atoms with van der Waals surface area (Å²) in [6.45, 7) is 10.6. The maximum Gasteiger partial charge on any atom is 0.0885 e. The SMILES string of the molecule is C=COCCCNCc1ccc(C(C)C)cc1. The minimum absolute atomic E-state index is 0.605. The molecule has 2 nitrogen and oxygen atoms in total. The molecule has 0 heterocycles. The van der Waals surface area contributed by atoms with Crippen molar-refractivity contribution in [2.45, 2.75) is 32.7 Å². The first-order valence-electron chi connectivity index (χ1n) is 6.26. The second kappa shape index (κ2) is 7.91. The lowest BCUT2D eigenvalue weighted by molar-refractivity contribution is 0.244. The van der Waals surface area contributed by atoms with Gasteiger partial charge < -0.3 is 10.1 Å². The van der Waals surface area contributed by atoms with Crippen molar-refractivity contribution < 1.29 is 4.74 Å². The molecule has 1 rings (SSSR count). The van der Waals surface area contributed by atoms with E-state index in [0.29, 0.717) is 5.92 Å². The fourth-order valence-corrected chi connectivity index (χ4v) is 1.62.